The molecule has 0 saturated heterocycles. The number of unbranched alkanes of at least 4 members (excludes halogenated alkanes) is 21. The molecule has 0 saturated carbocycles. The zero-order valence-corrected chi connectivity index (χ0v) is 47.7. The second-order valence-corrected chi connectivity index (χ2v) is 20.5. The molecule has 0 rings (SSSR count). The van der Waals surface area contributed by atoms with Crippen molar-refractivity contribution < 1.29 is 52.2 Å². The van der Waals surface area contributed by atoms with Gasteiger partial charge in [-0.3, -0.25) is 23.4 Å². The fraction of sp³-hybridized carbons (Fsp3) is 0.694. The van der Waals surface area contributed by atoms with Gasteiger partial charge in [-0.1, -0.05) is 214 Å². The third-order valence-corrected chi connectivity index (χ3v) is 12.9. The summed E-state index contributed by atoms with van der Waals surface area (Å²) in [6, 6.07) is 0. The van der Waals surface area contributed by atoms with Crippen molar-refractivity contribution in [2.24, 2.45) is 0 Å². The first-order chi connectivity index (χ1) is 36.2. The Kier molecular flexibility index (Phi) is 52.9. The van der Waals surface area contributed by atoms with E-state index in [-0.39, 0.29) is 25.9 Å². The zero-order chi connectivity index (χ0) is 54.1. The van der Waals surface area contributed by atoms with Gasteiger partial charge in [0.2, 0.25) is 0 Å². The number of rotatable bonds is 53. The summed E-state index contributed by atoms with van der Waals surface area (Å²) in [7, 11) is -4.78. The number of hydrogen-bond donors (Lipinski definition) is 2. The van der Waals surface area contributed by atoms with Crippen molar-refractivity contribution in [2.75, 3.05) is 26.4 Å². The monoisotopic (exact) mass is 1060 g/mol. The van der Waals surface area contributed by atoms with Gasteiger partial charge in [-0.15, -0.1) is 0 Å². The van der Waals surface area contributed by atoms with Gasteiger partial charge in [0, 0.05) is 12.8 Å². The molecule has 0 radical (unpaired) electrons. The molecule has 12 heteroatoms. The molecule has 0 spiro atoms. The summed E-state index contributed by atoms with van der Waals surface area (Å²) in [5, 5.41) is 9.80. The van der Waals surface area contributed by atoms with Crippen LogP contribution >= 0.6 is 7.82 Å². The quantitative estimate of drug-likeness (QED) is 0.0197. The van der Waals surface area contributed by atoms with Crippen molar-refractivity contribution in [3.8, 4) is 0 Å². The minimum absolute atomic E-state index is 0.0690. The highest BCUT2D eigenvalue weighted by Crippen LogP contribution is 2.43. The molecule has 424 valence electrons. The summed E-state index contributed by atoms with van der Waals surface area (Å²) in [5.41, 5.74) is 0. The summed E-state index contributed by atoms with van der Waals surface area (Å²) >= 11 is 0. The van der Waals surface area contributed by atoms with E-state index < -0.39 is 57.8 Å². The predicted octanol–water partition coefficient (Wildman–Crippen LogP) is 17.3. The SMILES string of the molecule is CC/C=C\C/C=C\C/C=C\C/C=C\C/C=C\CC(=O)OC(COC(=O)CCCCCCCCCCC/C=C\C/C=C\CCCCC)COP(=O)(O)OCC(CO)OC(=O)CCCCCCC/C=C\CCCCCC. The van der Waals surface area contributed by atoms with Crippen LogP contribution in [0.1, 0.15) is 239 Å². The Morgan fingerprint density at radius 1 is 0.405 bits per heavy atom. The molecule has 0 aliphatic rings. The smallest absolute Gasteiger partial charge is 0.462 e. The Labute approximate surface area is 451 Å². The Morgan fingerprint density at radius 3 is 1.23 bits per heavy atom. The number of carbonyl (C=O) groups excluding carboxylic acids is 3. The number of phosphoric ester groups is 1. The van der Waals surface area contributed by atoms with E-state index in [9.17, 15) is 28.9 Å². The molecule has 0 aliphatic carbocycles. The summed E-state index contributed by atoms with van der Waals surface area (Å²) in [5.74, 6) is -1.63. The maximum atomic E-state index is 12.9. The van der Waals surface area contributed by atoms with Crippen molar-refractivity contribution in [3.05, 3.63) is 97.2 Å². The number of esters is 3. The van der Waals surface area contributed by atoms with E-state index in [0.29, 0.717) is 19.3 Å². The van der Waals surface area contributed by atoms with Gasteiger partial charge in [0.05, 0.1) is 26.2 Å². The lowest BCUT2D eigenvalue weighted by atomic mass is 10.1. The van der Waals surface area contributed by atoms with E-state index in [1.165, 1.54) is 83.5 Å². The van der Waals surface area contributed by atoms with Crippen molar-refractivity contribution in [1.82, 2.24) is 0 Å². The van der Waals surface area contributed by atoms with Crippen molar-refractivity contribution in [1.29, 1.82) is 0 Å². The van der Waals surface area contributed by atoms with Crippen LogP contribution in [-0.2, 0) is 42.2 Å². The maximum Gasteiger partial charge on any atom is 0.472 e. The first-order valence-electron chi connectivity index (χ1n) is 29.1. The highest BCUT2D eigenvalue weighted by atomic mass is 31.2. The third-order valence-electron chi connectivity index (χ3n) is 12.0. The van der Waals surface area contributed by atoms with Gasteiger partial charge in [-0.05, 0) is 103 Å². The van der Waals surface area contributed by atoms with Crippen LogP contribution in [0.3, 0.4) is 0 Å². The third kappa shape index (κ3) is 53.2. The Balaban J connectivity index is 4.82. The van der Waals surface area contributed by atoms with Crippen LogP contribution in [-0.4, -0.2) is 66.5 Å². The van der Waals surface area contributed by atoms with Gasteiger partial charge in [0.25, 0.3) is 0 Å². The van der Waals surface area contributed by atoms with Crippen molar-refractivity contribution >= 4 is 25.7 Å². The number of carbonyl (C=O) groups is 3. The minimum atomic E-state index is -4.78. The average molecular weight is 1060 g/mol. The molecule has 3 unspecified atom stereocenters. The van der Waals surface area contributed by atoms with Crippen LogP contribution in [0.15, 0.2) is 97.2 Å². The minimum Gasteiger partial charge on any atom is -0.462 e. The van der Waals surface area contributed by atoms with Crippen LogP contribution in [0, 0.1) is 0 Å². The molecule has 11 nitrogen and oxygen atoms in total. The van der Waals surface area contributed by atoms with Crippen LogP contribution in [0.5, 0.6) is 0 Å². The predicted molar refractivity (Wildman–Crippen MR) is 307 cm³/mol. The summed E-state index contributed by atoms with van der Waals surface area (Å²) < 4.78 is 39.4. The highest BCUT2D eigenvalue weighted by molar-refractivity contribution is 7.47. The second-order valence-electron chi connectivity index (χ2n) is 19.1. The molecule has 0 bridgehead atoms. The Bertz CT molecular complexity index is 1610. The van der Waals surface area contributed by atoms with Crippen LogP contribution in [0.4, 0.5) is 0 Å². The fourth-order valence-electron chi connectivity index (χ4n) is 7.57. The maximum absolute atomic E-state index is 12.9. The van der Waals surface area contributed by atoms with E-state index in [2.05, 4.69) is 99.8 Å². The van der Waals surface area contributed by atoms with Crippen LogP contribution < -0.4 is 0 Å². The van der Waals surface area contributed by atoms with E-state index >= 15 is 0 Å². The average Bonchev–Trinajstić information content (AvgIpc) is 3.39. The molecule has 0 fully saturated rings. The van der Waals surface area contributed by atoms with Gasteiger partial charge in [-0.2, -0.15) is 0 Å². The lowest BCUT2D eigenvalue weighted by molar-refractivity contribution is -0.160. The molecule has 0 amide bonds. The molecule has 0 aliphatic heterocycles. The number of ether oxygens (including phenoxy) is 3. The summed E-state index contributed by atoms with van der Waals surface area (Å²) in [6.07, 6.45) is 65.4. The molecule has 74 heavy (non-hydrogen) atoms. The van der Waals surface area contributed by atoms with E-state index in [4.69, 9.17) is 23.3 Å². The highest BCUT2D eigenvalue weighted by Gasteiger charge is 2.28. The van der Waals surface area contributed by atoms with E-state index in [0.717, 1.165) is 96.3 Å². The number of phosphoric acid groups is 1. The van der Waals surface area contributed by atoms with Gasteiger partial charge in [-0.25, -0.2) is 4.57 Å². The molecule has 0 heterocycles. The van der Waals surface area contributed by atoms with Gasteiger partial charge < -0.3 is 24.2 Å². The lowest BCUT2D eigenvalue weighted by Crippen LogP contribution is -2.30. The fourth-order valence-corrected chi connectivity index (χ4v) is 8.36. The molecule has 2 N–H and O–H groups in total. The topological polar surface area (TPSA) is 155 Å². The van der Waals surface area contributed by atoms with Crippen LogP contribution in [0.25, 0.3) is 0 Å². The number of hydrogen-bond acceptors (Lipinski definition) is 10. The number of aliphatic hydroxyl groups is 1. The van der Waals surface area contributed by atoms with E-state index in [1.54, 1.807) is 6.08 Å². The van der Waals surface area contributed by atoms with Crippen molar-refractivity contribution in [3.63, 3.8) is 0 Å². The Morgan fingerprint density at radius 2 is 0.757 bits per heavy atom. The van der Waals surface area contributed by atoms with Crippen LogP contribution in [0.2, 0.25) is 0 Å². The standard InChI is InChI=1S/C62H105O11P/c1-4-7-10-13-16-19-22-25-27-28-29-30-32-34-36-39-42-45-48-51-60(64)69-55-59(73-62(66)53-50-47-44-41-38-35-31-26-23-20-17-14-11-8-5-2)57-71-74(67,68)70-56-58(54-63)72-61(65)52-49-46-43-40-37-33-24-21-18-15-12-9-6-3/h8,11,16-17,19-21,24-27,31,38,41,47,50,58-59,63H,4-7,9-10,12-15,18,22-23,28-30,32-37,39-40,42-46,48-49,51-57H2,1-3H3,(H,67,68)/b11-8-,19-16-,20-17-,24-21-,27-25-,31-26-,41-38-,50-47-. The largest absolute Gasteiger partial charge is 0.472 e. The van der Waals surface area contributed by atoms with Gasteiger partial charge >= 0.3 is 25.7 Å². The zero-order valence-electron chi connectivity index (χ0n) is 46.8. The lowest BCUT2D eigenvalue weighted by Gasteiger charge is -2.21. The van der Waals surface area contributed by atoms with Gasteiger partial charge in [0.15, 0.2) is 6.10 Å². The normalized spacial score (nSPS) is 14.1. The molecule has 0 aromatic carbocycles. The van der Waals surface area contributed by atoms with Gasteiger partial charge in [0.1, 0.15) is 12.7 Å². The summed E-state index contributed by atoms with van der Waals surface area (Å²) in [6.45, 7) is 4.37. The van der Waals surface area contributed by atoms with Crippen molar-refractivity contribution in [2.45, 2.75) is 251 Å². The molecular weight excluding hydrogens is 952 g/mol. The molecular formula is C62H105O11P. The van der Waals surface area contributed by atoms with E-state index in [1.807, 2.05) is 12.2 Å². The first kappa shape index (κ1) is 70.4. The first-order valence-corrected chi connectivity index (χ1v) is 30.6. The molecule has 0 aromatic rings. The molecule has 3 atom stereocenters. The molecule has 0 aromatic heterocycles. The second kappa shape index (κ2) is 55.6. The Hall–Kier alpha value is -3.60. The summed E-state index contributed by atoms with van der Waals surface area (Å²) in [4.78, 5) is 48.5. The number of allylic oxidation sites excluding steroid dienone is 15. The number of aliphatic hydroxyl groups excluding tert-OH is 1.